The van der Waals surface area contributed by atoms with Gasteiger partial charge in [0.15, 0.2) is 0 Å². The molecule has 7 heteroatoms. The largest absolute Gasteiger partial charge is 0.457 e. The smallest absolute Gasteiger partial charge is 0.256 e. The standard InChI is InChI=1S/C24H18BrN3O2S/c25-17-8-6-16(7-9-17)24(29)26-23-21-14-31-15-22(21)27-28(23)18-10-12-20(13-11-18)30-19-4-2-1-3-5-19/h1-13H,14-15H2,(H,26,29). The van der Waals surface area contributed by atoms with Gasteiger partial charge in [-0.3, -0.25) is 4.79 Å². The van der Waals surface area contributed by atoms with Crippen molar-refractivity contribution >= 4 is 39.4 Å². The number of hydrogen-bond donors (Lipinski definition) is 1. The fraction of sp³-hybridized carbons (Fsp3) is 0.0833. The van der Waals surface area contributed by atoms with Gasteiger partial charge in [-0.1, -0.05) is 34.1 Å². The van der Waals surface area contributed by atoms with Crippen molar-refractivity contribution in [3.63, 3.8) is 0 Å². The van der Waals surface area contributed by atoms with Gasteiger partial charge in [-0.05, 0) is 60.7 Å². The van der Waals surface area contributed by atoms with E-state index in [0.717, 1.165) is 50.2 Å². The van der Waals surface area contributed by atoms with Crippen LogP contribution in [-0.2, 0) is 11.5 Å². The summed E-state index contributed by atoms with van der Waals surface area (Å²) in [7, 11) is 0. The van der Waals surface area contributed by atoms with E-state index in [-0.39, 0.29) is 5.91 Å². The molecule has 0 saturated carbocycles. The average Bonchev–Trinajstić information content (AvgIpc) is 3.38. The van der Waals surface area contributed by atoms with Crippen LogP contribution in [0.1, 0.15) is 21.6 Å². The zero-order valence-electron chi connectivity index (χ0n) is 16.4. The maximum atomic E-state index is 12.9. The Kier molecular flexibility index (Phi) is 5.53. The number of carbonyl (C=O) groups is 1. The first kappa shape index (κ1) is 19.9. The molecular formula is C24H18BrN3O2S. The second-order valence-corrected chi connectivity index (χ2v) is 8.95. The molecule has 0 unspecified atom stereocenters. The fourth-order valence-electron chi connectivity index (χ4n) is 3.39. The second kappa shape index (κ2) is 8.61. The van der Waals surface area contributed by atoms with Gasteiger partial charge in [0.05, 0.1) is 11.4 Å². The molecule has 1 N–H and O–H groups in total. The van der Waals surface area contributed by atoms with Crippen molar-refractivity contribution in [3.8, 4) is 17.2 Å². The topological polar surface area (TPSA) is 56.2 Å². The molecule has 0 fully saturated rings. The first-order valence-corrected chi connectivity index (χ1v) is 11.7. The molecule has 0 atom stereocenters. The Morgan fingerprint density at radius 2 is 1.65 bits per heavy atom. The zero-order valence-corrected chi connectivity index (χ0v) is 18.8. The maximum Gasteiger partial charge on any atom is 0.256 e. The summed E-state index contributed by atoms with van der Waals surface area (Å²) >= 11 is 5.21. The number of nitrogens with zero attached hydrogens (tertiary/aromatic N) is 2. The molecule has 4 aromatic rings. The second-order valence-electron chi connectivity index (χ2n) is 7.05. The summed E-state index contributed by atoms with van der Waals surface area (Å²) in [5.41, 5.74) is 3.56. The zero-order chi connectivity index (χ0) is 21.2. The monoisotopic (exact) mass is 491 g/mol. The average molecular weight is 492 g/mol. The van der Waals surface area contributed by atoms with Crippen LogP contribution in [0.5, 0.6) is 11.5 Å². The third-order valence-electron chi connectivity index (χ3n) is 4.95. The number of carbonyl (C=O) groups excluding carboxylic acids is 1. The lowest BCUT2D eigenvalue weighted by Gasteiger charge is -2.12. The highest BCUT2D eigenvalue weighted by atomic mass is 79.9. The maximum absolute atomic E-state index is 12.9. The lowest BCUT2D eigenvalue weighted by molar-refractivity contribution is 0.102. The van der Waals surface area contributed by atoms with Crippen molar-refractivity contribution in [2.45, 2.75) is 11.5 Å². The Morgan fingerprint density at radius 1 is 0.935 bits per heavy atom. The van der Waals surface area contributed by atoms with Crippen LogP contribution in [0.15, 0.2) is 83.3 Å². The summed E-state index contributed by atoms with van der Waals surface area (Å²) in [6.45, 7) is 0. The first-order valence-electron chi connectivity index (χ1n) is 9.76. The fourth-order valence-corrected chi connectivity index (χ4v) is 4.69. The number of rotatable bonds is 5. The van der Waals surface area contributed by atoms with Crippen molar-refractivity contribution in [2.24, 2.45) is 0 Å². The number of aromatic nitrogens is 2. The van der Waals surface area contributed by atoms with E-state index < -0.39 is 0 Å². The summed E-state index contributed by atoms with van der Waals surface area (Å²) in [4.78, 5) is 12.9. The van der Waals surface area contributed by atoms with Gasteiger partial charge in [0.2, 0.25) is 0 Å². The predicted octanol–water partition coefficient (Wildman–Crippen LogP) is 6.43. The Balaban J connectivity index is 1.43. The molecule has 1 aromatic heterocycles. The number of fused-ring (bicyclic) bond motifs is 1. The lowest BCUT2D eigenvalue weighted by Crippen LogP contribution is -2.16. The van der Waals surface area contributed by atoms with Crippen LogP contribution in [0, 0.1) is 0 Å². The van der Waals surface area contributed by atoms with Crippen LogP contribution in [0.4, 0.5) is 5.82 Å². The highest BCUT2D eigenvalue weighted by Gasteiger charge is 2.25. The molecule has 31 heavy (non-hydrogen) atoms. The summed E-state index contributed by atoms with van der Waals surface area (Å²) < 4.78 is 8.63. The van der Waals surface area contributed by atoms with Gasteiger partial charge in [-0.25, -0.2) is 4.68 Å². The van der Waals surface area contributed by atoms with Crippen molar-refractivity contribution in [1.82, 2.24) is 9.78 Å². The van der Waals surface area contributed by atoms with Gasteiger partial charge >= 0.3 is 0 Å². The molecule has 5 nitrogen and oxygen atoms in total. The minimum Gasteiger partial charge on any atom is -0.457 e. The number of halogens is 1. The molecule has 3 aromatic carbocycles. The van der Waals surface area contributed by atoms with E-state index in [0.29, 0.717) is 5.56 Å². The molecule has 0 saturated heterocycles. The number of hydrogen-bond acceptors (Lipinski definition) is 4. The van der Waals surface area contributed by atoms with Crippen molar-refractivity contribution in [2.75, 3.05) is 5.32 Å². The van der Waals surface area contributed by atoms with Crippen LogP contribution in [0.25, 0.3) is 5.69 Å². The quantitative estimate of drug-likeness (QED) is 0.349. The van der Waals surface area contributed by atoms with Gasteiger partial charge in [0.25, 0.3) is 5.91 Å². The molecule has 0 radical (unpaired) electrons. The summed E-state index contributed by atoms with van der Waals surface area (Å²) in [6.07, 6.45) is 0. The number of anilines is 1. The molecule has 0 aliphatic carbocycles. The Hall–Kier alpha value is -3.03. The van der Waals surface area contributed by atoms with E-state index in [9.17, 15) is 4.79 Å². The van der Waals surface area contributed by atoms with Crippen molar-refractivity contribution < 1.29 is 9.53 Å². The molecule has 1 aliphatic heterocycles. The normalized spacial score (nSPS) is 12.4. The van der Waals surface area contributed by atoms with E-state index in [4.69, 9.17) is 9.84 Å². The molecule has 5 rings (SSSR count). The molecule has 0 spiro atoms. The SMILES string of the molecule is O=C(Nc1c2c(nn1-c1ccc(Oc3ccccc3)cc1)CSC2)c1ccc(Br)cc1. The molecule has 2 heterocycles. The number of nitrogens with one attached hydrogen (secondary N) is 1. The summed E-state index contributed by atoms with van der Waals surface area (Å²) in [5.74, 6) is 3.78. The van der Waals surface area contributed by atoms with Crippen molar-refractivity contribution in [3.05, 3.63) is 100 Å². The van der Waals surface area contributed by atoms with Gasteiger partial charge in [-0.15, -0.1) is 0 Å². The minimum atomic E-state index is -0.155. The van der Waals surface area contributed by atoms with E-state index in [2.05, 4.69) is 21.2 Å². The van der Waals surface area contributed by atoms with Crippen molar-refractivity contribution in [1.29, 1.82) is 0 Å². The van der Waals surface area contributed by atoms with Gasteiger partial charge in [0.1, 0.15) is 17.3 Å². The summed E-state index contributed by atoms with van der Waals surface area (Å²) in [5, 5.41) is 7.85. The van der Waals surface area contributed by atoms with Crippen LogP contribution in [0.2, 0.25) is 0 Å². The molecule has 154 valence electrons. The van der Waals surface area contributed by atoms with Gasteiger partial charge in [0, 0.05) is 27.1 Å². The molecular weight excluding hydrogens is 474 g/mol. The van der Waals surface area contributed by atoms with Crippen LogP contribution in [0.3, 0.4) is 0 Å². The van der Waals surface area contributed by atoms with E-state index >= 15 is 0 Å². The Labute approximate surface area is 192 Å². The third kappa shape index (κ3) is 4.24. The minimum absolute atomic E-state index is 0.155. The Morgan fingerprint density at radius 3 is 2.39 bits per heavy atom. The highest BCUT2D eigenvalue weighted by Crippen LogP contribution is 2.36. The number of para-hydroxylation sites is 1. The molecule has 1 amide bonds. The van der Waals surface area contributed by atoms with Gasteiger partial charge < -0.3 is 10.1 Å². The predicted molar refractivity (Wildman–Crippen MR) is 127 cm³/mol. The van der Waals surface area contributed by atoms with E-state index in [1.807, 2.05) is 71.4 Å². The molecule has 0 bridgehead atoms. The van der Waals surface area contributed by atoms with Gasteiger partial charge in [-0.2, -0.15) is 16.9 Å². The number of thioether (sulfide) groups is 1. The van der Waals surface area contributed by atoms with Crippen LogP contribution < -0.4 is 10.1 Å². The van der Waals surface area contributed by atoms with Crippen LogP contribution >= 0.6 is 27.7 Å². The number of ether oxygens (including phenoxy) is 1. The Bertz CT molecular complexity index is 1220. The highest BCUT2D eigenvalue weighted by molar-refractivity contribution is 9.10. The molecule has 1 aliphatic rings. The van der Waals surface area contributed by atoms with E-state index in [1.165, 1.54) is 0 Å². The van der Waals surface area contributed by atoms with Crippen LogP contribution in [-0.4, -0.2) is 15.7 Å². The number of benzene rings is 3. The summed E-state index contributed by atoms with van der Waals surface area (Å²) in [6, 6.07) is 24.7. The first-order chi connectivity index (χ1) is 15.2. The lowest BCUT2D eigenvalue weighted by atomic mass is 10.2. The van der Waals surface area contributed by atoms with E-state index in [1.54, 1.807) is 23.9 Å². The third-order valence-corrected chi connectivity index (χ3v) is 6.45. The number of amides is 1.